The summed E-state index contributed by atoms with van der Waals surface area (Å²) in [6, 6.07) is 18.4. The lowest BCUT2D eigenvalue weighted by Crippen LogP contribution is -2.37. The van der Waals surface area contributed by atoms with Gasteiger partial charge in [0, 0.05) is 26.1 Å². The molecule has 1 aliphatic heterocycles. The fourth-order valence-corrected chi connectivity index (χ4v) is 3.52. The monoisotopic (exact) mass is 350 g/mol. The SMILES string of the molecule is CCCC(=O)N1CCNC(=O)C(Cc2ccccc2-c2ccccc2)C1. The van der Waals surface area contributed by atoms with E-state index in [1.165, 1.54) is 0 Å². The molecule has 0 saturated carbocycles. The van der Waals surface area contributed by atoms with E-state index >= 15 is 0 Å². The molecule has 4 nitrogen and oxygen atoms in total. The Morgan fingerprint density at radius 3 is 2.62 bits per heavy atom. The van der Waals surface area contributed by atoms with E-state index in [9.17, 15) is 9.59 Å². The van der Waals surface area contributed by atoms with Gasteiger partial charge < -0.3 is 10.2 Å². The zero-order valence-corrected chi connectivity index (χ0v) is 15.3. The fraction of sp³-hybridized carbons (Fsp3) is 0.364. The maximum absolute atomic E-state index is 12.5. The zero-order chi connectivity index (χ0) is 18.4. The van der Waals surface area contributed by atoms with Crippen LogP contribution in [0.25, 0.3) is 11.1 Å². The largest absolute Gasteiger partial charge is 0.354 e. The standard InChI is InChI=1S/C22H26N2O2/c1-2-8-21(25)24-14-13-23-22(26)19(16-24)15-18-11-6-7-12-20(18)17-9-4-3-5-10-17/h3-7,9-12,19H,2,8,13-16H2,1H3,(H,23,26). The molecule has 26 heavy (non-hydrogen) atoms. The molecule has 2 aromatic carbocycles. The van der Waals surface area contributed by atoms with Gasteiger partial charge in [0.25, 0.3) is 0 Å². The topological polar surface area (TPSA) is 49.4 Å². The van der Waals surface area contributed by atoms with Gasteiger partial charge in [0.1, 0.15) is 0 Å². The minimum atomic E-state index is -0.219. The molecule has 2 aromatic rings. The van der Waals surface area contributed by atoms with Crippen LogP contribution in [-0.4, -0.2) is 36.3 Å². The average Bonchev–Trinajstić information content (AvgIpc) is 2.85. The Hall–Kier alpha value is -2.62. The molecule has 2 amide bonds. The van der Waals surface area contributed by atoms with Crippen molar-refractivity contribution in [1.82, 2.24) is 10.2 Å². The Labute approximate surface area is 155 Å². The van der Waals surface area contributed by atoms with Crippen LogP contribution in [0, 0.1) is 5.92 Å². The van der Waals surface area contributed by atoms with Gasteiger partial charge in [-0.1, -0.05) is 61.5 Å². The van der Waals surface area contributed by atoms with E-state index < -0.39 is 0 Å². The normalized spacial score (nSPS) is 17.5. The molecule has 1 saturated heterocycles. The summed E-state index contributed by atoms with van der Waals surface area (Å²) in [6.45, 7) is 3.63. The number of nitrogens with one attached hydrogen (secondary N) is 1. The van der Waals surface area contributed by atoms with E-state index in [0.29, 0.717) is 32.5 Å². The van der Waals surface area contributed by atoms with Crippen LogP contribution >= 0.6 is 0 Å². The fourth-order valence-electron chi connectivity index (χ4n) is 3.52. The summed E-state index contributed by atoms with van der Waals surface area (Å²) in [7, 11) is 0. The van der Waals surface area contributed by atoms with E-state index in [1.54, 1.807) is 0 Å². The van der Waals surface area contributed by atoms with Crippen LogP contribution in [0.15, 0.2) is 54.6 Å². The van der Waals surface area contributed by atoms with E-state index in [-0.39, 0.29) is 17.7 Å². The van der Waals surface area contributed by atoms with Gasteiger partial charge in [-0.3, -0.25) is 9.59 Å². The van der Waals surface area contributed by atoms with Gasteiger partial charge in [0.15, 0.2) is 0 Å². The lowest BCUT2D eigenvalue weighted by atomic mass is 9.91. The van der Waals surface area contributed by atoms with Crippen LogP contribution in [0.3, 0.4) is 0 Å². The predicted octanol–water partition coefficient (Wildman–Crippen LogP) is 3.27. The first-order valence-corrected chi connectivity index (χ1v) is 9.38. The number of carbonyl (C=O) groups is 2. The molecule has 4 heteroatoms. The third-order valence-electron chi connectivity index (χ3n) is 4.88. The van der Waals surface area contributed by atoms with Crippen LogP contribution in [0.1, 0.15) is 25.3 Å². The molecule has 136 valence electrons. The predicted molar refractivity (Wildman–Crippen MR) is 104 cm³/mol. The summed E-state index contributed by atoms with van der Waals surface area (Å²) in [4.78, 5) is 26.7. The molecule has 1 N–H and O–H groups in total. The molecule has 0 aromatic heterocycles. The van der Waals surface area contributed by atoms with Gasteiger partial charge in [0.2, 0.25) is 11.8 Å². The second kappa shape index (κ2) is 8.65. The number of amides is 2. The molecular formula is C22H26N2O2. The van der Waals surface area contributed by atoms with Crippen molar-refractivity contribution in [3.63, 3.8) is 0 Å². The zero-order valence-electron chi connectivity index (χ0n) is 15.3. The summed E-state index contributed by atoms with van der Waals surface area (Å²) in [6.07, 6.45) is 2.01. The van der Waals surface area contributed by atoms with Crippen molar-refractivity contribution >= 4 is 11.8 Å². The summed E-state index contributed by atoms with van der Waals surface area (Å²) >= 11 is 0. The number of benzene rings is 2. The van der Waals surface area contributed by atoms with Crippen LogP contribution in [0.5, 0.6) is 0 Å². The summed E-state index contributed by atoms with van der Waals surface area (Å²) in [5, 5.41) is 2.97. The van der Waals surface area contributed by atoms with Crippen molar-refractivity contribution < 1.29 is 9.59 Å². The number of carbonyl (C=O) groups excluding carboxylic acids is 2. The van der Waals surface area contributed by atoms with Crippen LogP contribution in [0.4, 0.5) is 0 Å². The van der Waals surface area contributed by atoms with Gasteiger partial charge in [-0.2, -0.15) is 0 Å². The second-order valence-corrected chi connectivity index (χ2v) is 6.81. The molecule has 3 rings (SSSR count). The number of hydrogen-bond donors (Lipinski definition) is 1. The number of nitrogens with zero attached hydrogens (tertiary/aromatic N) is 1. The lowest BCUT2D eigenvalue weighted by Gasteiger charge is -2.23. The Morgan fingerprint density at radius 2 is 1.85 bits per heavy atom. The van der Waals surface area contributed by atoms with Crippen molar-refractivity contribution in [2.45, 2.75) is 26.2 Å². The van der Waals surface area contributed by atoms with Gasteiger partial charge in [-0.15, -0.1) is 0 Å². The molecule has 1 atom stereocenters. The molecule has 1 heterocycles. The van der Waals surface area contributed by atoms with Crippen molar-refractivity contribution in [2.24, 2.45) is 5.92 Å². The van der Waals surface area contributed by atoms with Crippen molar-refractivity contribution in [1.29, 1.82) is 0 Å². The molecule has 0 spiro atoms. The Kier molecular flexibility index (Phi) is 6.05. The maximum atomic E-state index is 12.5. The first-order chi connectivity index (χ1) is 12.7. The van der Waals surface area contributed by atoms with Crippen molar-refractivity contribution in [3.8, 4) is 11.1 Å². The highest BCUT2D eigenvalue weighted by atomic mass is 16.2. The minimum Gasteiger partial charge on any atom is -0.354 e. The Balaban J connectivity index is 1.83. The van der Waals surface area contributed by atoms with E-state index in [2.05, 4.69) is 29.6 Å². The molecule has 1 aliphatic rings. The van der Waals surface area contributed by atoms with Crippen LogP contribution in [0.2, 0.25) is 0 Å². The quantitative estimate of drug-likeness (QED) is 0.900. The van der Waals surface area contributed by atoms with Gasteiger partial charge >= 0.3 is 0 Å². The third-order valence-corrected chi connectivity index (χ3v) is 4.88. The van der Waals surface area contributed by atoms with Crippen LogP contribution in [-0.2, 0) is 16.0 Å². The molecule has 0 bridgehead atoms. The van der Waals surface area contributed by atoms with Gasteiger partial charge in [-0.25, -0.2) is 0 Å². The molecule has 0 radical (unpaired) electrons. The summed E-state index contributed by atoms with van der Waals surface area (Å²) < 4.78 is 0. The Bertz CT molecular complexity index is 758. The first kappa shape index (κ1) is 18.2. The molecule has 1 unspecified atom stereocenters. The molecule has 1 fully saturated rings. The van der Waals surface area contributed by atoms with E-state index in [1.807, 2.05) is 42.2 Å². The Morgan fingerprint density at radius 1 is 1.12 bits per heavy atom. The smallest absolute Gasteiger partial charge is 0.225 e. The minimum absolute atomic E-state index is 0.0414. The van der Waals surface area contributed by atoms with Gasteiger partial charge in [-0.05, 0) is 29.5 Å². The first-order valence-electron chi connectivity index (χ1n) is 9.38. The number of rotatable bonds is 5. The summed E-state index contributed by atoms with van der Waals surface area (Å²) in [5.74, 6) is -0.0341. The van der Waals surface area contributed by atoms with Gasteiger partial charge in [0.05, 0.1) is 5.92 Å². The van der Waals surface area contributed by atoms with Crippen LogP contribution < -0.4 is 5.32 Å². The highest BCUT2D eigenvalue weighted by molar-refractivity contribution is 5.82. The lowest BCUT2D eigenvalue weighted by molar-refractivity contribution is -0.132. The van der Waals surface area contributed by atoms with Crippen molar-refractivity contribution in [3.05, 3.63) is 60.2 Å². The molecular weight excluding hydrogens is 324 g/mol. The summed E-state index contributed by atoms with van der Waals surface area (Å²) in [5.41, 5.74) is 3.44. The number of hydrogen-bond acceptors (Lipinski definition) is 2. The van der Waals surface area contributed by atoms with Crippen molar-refractivity contribution in [2.75, 3.05) is 19.6 Å². The highest BCUT2D eigenvalue weighted by Gasteiger charge is 2.28. The second-order valence-electron chi connectivity index (χ2n) is 6.81. The highest BCUT2D eigenvalue weighted by Crippen LogP contribution is 2.26. The van der Waals surface area contributed by atoms with E-state index in [4.69, 9.17) is 0 Å². The third kappa shape index (κ3) is 4.31. The average molecular weight is 350 g/mol. The molecule has 0 aliphatic carbocycles. The maximum Gasteiger partial charge on any atom is 0.225 e. The van der Waals surface area contributed by atoms with E-state index in [0.717, 1.165) is 23.1 Å².